The van der Waals surface area contributed by atoms with Crippen LogP contribution in [0.4, 0.5) is 10.1 Å². The molecule has 144 valence electrons. The highest BCUT2D eigenvalue weighted by Gasteiger charge is 2.30. The first-order valence-corrected chi connectivity index (χ1v) is 9.09. The van der Waals surface area contributed by atoms with Gasteiger partial charge in [0.05, 0.1) is 17.7 Å². The van der Waals surface area contributed by atoms with E-state index in [4.69, 9.17) is 4.74 Å². The smallest absolute Gasteiger partial charge is 0.343 e. The van der Waals surface area contributed by atoms with Crippen molar-refractivity contribution in [2.24, 2.45) is 4.99 Å². The number of halogens is 1. The molecule has 0 atom stereocenters. The molecule has 0 spiro atoms. The average molecular weight is 400 g/mol. The molecule has 0 aromatic heterocycles. The van der Waals surface area contributed by atoms with Crippen molar-refractivity contribution < 1.29 is 23.5 Å². The lowest BCUT2D eigenvalue weighted by Crippen LogP contribution is -2.23. The third kappa shape index (κ3) is 4.77. The lowest BCUT2D eigenvalue weighted by atomic mass is 10.2. The second kappa shape index (κ2) is 8.71. The number of likely N-dealkylation sites (N-methyl/N-ethyl adjacent to an activating group) is 1. The molecule has 1 aliphatic rings. The summed E-state index contributed by atoms with van der Waals surface area (Å²) in [6.07, 6.45) is 1.72. The maximum atomic E-state index is 13.0. The molecule has 1 fully saturated rings. The molecule has 8 heteroatoms. The van der Waals surface area contributed by atoms with Crippen molar-refractivity contribution in [2.75, 3.05) is 20.8 Å². The van der Waals surface area contributed by atoms with Crippen LogP contribution >= 0.6 is 11.8 Å². The first-order valence-electron chi connectivity index (χ1n) is 8.28. The van der Waals surface area contributed by atoms with Crippen LogP contribution in [0.1, 0.15) is 5.56 Å². The van der Waals surface area contributed by atoms with E-state index in [0.29, 0.717) is 21.5 Å². The van der Waals surface area contributed by atoms with Gasteiger partial charge in [0.15, 0.2) is 11.8 Å². The number of carbonyl (C=O) groups excluding carboxylic acids is 2. The SMILES string of the molecule is COC(=O)COc1cccc(/C=C2/SC(=Nc3ccc(F)cc3)N(C)C2=O)c1. The van der Waals surface area contributed by atoms with E-state index in [1.54, 1.807) is 43.5 Å². The van der Waals surface area contributed by atoms with Gasteiger partial charge in [0.1, 0.15) is 11.6 Å². The van der Waals surface area contributed by atoms with E-state index in [9.17, 15) is 14.0 Å². The molecule has 1 saturated heterocycles. The van der Waals surface area contributed by atoms with E-state index in [-0.39, 0.29) is 18.3 Å². The Morgan fingerprint density at radius 3 is 2.71 bits per heavy atom. The van der Waals surface area contributed by atoms with Gasteiger partial charge in [-0.15, -0.1) is 0 Å². The van der Waals surface area contributed by atoms with Gasteiger partial charge in [-0.2, -0.15) is 0 Å². The third-order valence-electron chi connectivity index (χ3n) is 3.80. The van der Waals surface area contributed by atoms with Gasteiger partial charge in [0.25, 0.3) is 5.91 Å². The van der Waals surface area contributed by atoms with Gasteiger partial charge in [0.2, 0.25) is 0 Å². The molecule has 6 nitrogen and oxygen atoms in total. The van der Waals surface area contributed by atoms with Crippen molar-refractivity contribution in [1.29, 1.82) is 0 Å². The molecular weight excluding hydrogens is 383 g/mol. The molecule has 1 heterocycles. The Morgan fingerprint density at radius 2 is 2.00 bits per heavy atom. The maximum absolute atomic E-state index is 13.0. The Morgan fingerprint density at radius 1 is 1.25 bits per heavy atom. The monoisotopic (exact) mass is 400 g/mol. The van der Waals surface area contributed by atoms with E-state index < -0.39 is 5.97 Å². The highest BCUT2D eigenvalue weighted by atomic mass is 32.2. The zero-order valence-corrected chi connectivity index (χ0v) is 16.0. The third-order valence-corrected chi connectivity index (χ3v) is 4.86. The minimum Gasteiger partial charge on any atom is -0.482 e. The Balaban J connectivity index is 1.78. The highest BCUT2D eigenvalue weighted by Crippen LogP contribution is 2.33. The zero-order chi connectivity index (χ0) is 20.1. The number of carbonyl (C=O) groups is 2. The van der Waals surface area contributed by atoms with Crippen LogP contribution in [-0.4, -0.2) is 42.7 Å². The molecule has 0 radical (unpaired) electrons. The van der Waals surface area contributed by atoms with Crippen LogP contribution < -0.4 is 4.74 Å². The van der Waals surface area contributed by atoms with Crippen LogP contribution in [0, 0.1) is 5.82 Å². The normalized spacial score (nSPS) is 16.7. The molecule has 0 N–H and O–H groups in total. The van der Waals surface area contributed by atoms with Gasteiger partial charge in [-0.3, -0.25) is 9.69 Å². The first-order chi connectivity index (χ1) is 13.5. The largest absolute Gasteiger partial charge is 0.482 e. The molecular formula is C20H17FN2O4S. The number of ether oxygens (including phenoxy) is 2. The maximum Gasteiger partial charge on any atom is 0.343 e. The Labute approximate surface area is 165 Å². The Hall–Kier alpha value is -3.13. The first kappa shape index (κ1) is 19.6. The molecule has 3 rings (SSSR count). The zero-order valence-electron chi connectivity index (χ0n) is 15.2. The van der Waals surface area contributed by atoms with Crippen LogP contribution in [0.5, 0.6) is 5.75 Å². The minimum absolute atomic E-state index is 0.188. The molecule has 2 aromatic rings. The summed E-state index contributed by atoms with van der Waals surface area (Å²) in [4.78, 5) is 30.0. The van der Waals surface area contributed by atoms with E-state index in [0.717, 1.165) is 5.56 Å². The van der Waals surface area contributed by atoms with Crippen molar-refractivity contribution >= 4 is 40.6 Å². The number of hydrogen-bond donors (Lipinski definition) is 0. The molecule has 28 heavy (non-hydrogen) atoms. The molecule has 1 aliphatic heterocycles. The average Bonchev–Trinajstić information content (AvgIpc) is 2.96. The summed E-state index contributed by atoms with van der Waals surface area (Å²) in [5.41, 5.74) is 1.30. The topological polar surface area (TPSA) is 68.2 Å². The van der Waals surface area contributed by atoms with Gasteiger partial charge in [-0.1, -0.05) is 12.1 Å². The molecule has 0 bridgehead atoms. The predicted octanol–water partition coefficient (Wildman–Crippen LogP) is 3.61. The van der Waals surface area contributed by atoms with Gasteiger partial charge < -0.3 is 9.47 Å². The Bertz CT molecular complexity index is 957. The summed E-state index contributed by atoms with van der Waals surface area (Å²) in [6.45, 7) is -0.193. The molecule has 1 amide bonds. The quantitative estimate of drug-likeness (QED) is 0.567. The van der Waals surface area contributed by atoms with Crippen molar-refractivity contribution in [3.8, 4) is 5.75 Å². The second-order valence-electron chi connectivity index (χ2n) is 5.78. The predicted molar refractivity (Wildman–Crippen MR) is 106 cm³/mol. The fourth-order valence-electron chi connectivity index (χ4n) is 2.32. The van der Waals surface area contributed by atoms with Crippen LogP contribution in [0.3, 0.4) is 0 Å². The number of aliphatic imine (C=N–C) groups is 1. The van der Waals surface area contributed by atoms with Crippen LogP contribution in [0.15, 0.2) is 58.4 Å². The van der Waals surface area contributed by atoms with Crippen molar-refractivity contribution in [2.45, 2.75) is 0 Å². The number of amides is 1. The van der Waals surface area contributed by atoms with Crippen LogP contribution in [-0.2, 0) is 14.3 Å². The number of methoxy groups -OCH3 is 1. The molecule has 0 unspecified atom stereocenters. The summed E-state index contributed by atoms with van der Waals surface area (Å²) >= 11 is 1.23. The highest BCUT2D eigenvalue weighted by molar-refractivity contribution is 8.18. The molecule has 0 saturated carbocycles. The summed E-state index contributed by atoms with van der Waals surface area (Å²) in [5.74, 6) is -0.522. The summed E-state index contributed by atoms with van der Waals surface area (Å²) < 4.78 is 22.9. The summed E-state index contributed by atoms with van der Waals surface area (Å²) in [6, 6.07) is 12.7. The summed E-state index contributed by atoms with van der Waals surface area (Å²) in [5, 5.41) is 0.501. The number of thioether (sulfide) groups is 1. The van der Waals surface area contributed by atoms with Gasteiger partial charge in [-0.05, 0) is 59.8 Å². The minimum atomic E-state index is -0.478. The number of amidine groups is 1. The Kier molecular flexibility index (Phi) is 6.10. The van der Waals surface area contributed by atoms with Crippen molar-refractivity contribution in [1.82, 2.24) is 4.90 Å². The lowest BCUT2D eigenvalue weighted by Gasteiger charge is -2.07. The second-order valence-corrected chi connectivity index (χ2v) is 6.79. The molecule has 0 aliphatic carbocycles. The van der Waals surface area contributed by atoms with Crippen LogP contribution in [0.25, 0.3) is 6.08 Å². The number of esters is 1. The van der Waals surface area contributed by atoms with Gasteiger partial charge in [-0.25, -0.2) is 14.2 Å². The van der Waals surface area contributed by atoms with Crippen molar-refractivity contribution in [3.63, 3.8) is 0 Å². The number of benzene rings is 2. The number of nitrogens with zero attached hydrogens (tertiary/aromatic N) is 2. The number of hydrogen-bond acceptors (Lipinski definition) is 6. The van der Waals surface area contributed by atoms with E-state index >= 15 is 0 Å². The number of rotatable bonds is 5. The fourth-order valence-corrected chi connectivity index (χ4v) is 3.31. The van der Waals surface area contributed by atoms with E-state index in [1.807, 2.05) is 6.07 Å². The standard InChI is InChI=1S/C20H17FN2O4S/c1-23-19(25)17(28-20(23)22-15-8-6-14(21)7-9-15)11-13-4-3-5-16(10-13)27-12-18(24)26-2/h3-11H,12H2,1-2H3/b17-11+,22-20?. The van der Waals surface area contributed by atoms with E-state index in [1.165, 1.54) is 35.9 Å². The van der Waals surface area contributed by atoms with Gasteiger partial charge >= 0.3 is 5.97 Å². The fraction of sp³-hybridized carbons (Fsp3) is 0.150. The molecule has 2 aromatic carbocycles. The van der Waals surface area contributed by atoms with E-state index in [2.05, 4.69) is 9.73 Å². The van der Waals surface area contributed by atoms with Gasteiger partial charge in [0, 0.05) is 7.05 Å². The van der Waals surface area contributed by atoms with Crippen molar-refractivity contribution in [3.05, 3.63) is 64.8 Å². The summed E-state index contributed by atoms with van der Waals surface area (Å²) in [7, 11) is 2.92. The lowest BCUT2D eigenvalue weighted by molar-refractivity contribution is -0.142. The van der Waals surface area contributed by atoms with Crippen LogP contribution in [0.2, 0.25) is 0 Å².